The maximum Gasteiger partial charge on any atom is 0.243 e. The summed E-state index contributed by atoms with van der Waals surface area (Å²) in [5.41, 5.74) is 5.39. The molecule has 0 unspecified atom stereocenters. The Balaban J connectivity index is 1.56. The molecule has 1 saturated heterocycles. The molecule has 0 aromatic carbocycles. The van der Waals surface area contributed by atoms with Crippen LogP contribution in [-0.4, -0.2) is 42.9 Å². The zero-order valence-corrected chi connectivity index (χ0v) is 14.1. The van der Waals surface area contributed by atoms with Gasteiger partial charge in [0.05, 0.1) is 5.92 Å². The van der Waals surface area contributed by atoms with Crippen molar-refractivity contribution in [1.29, 1.82) is 0 Å². The van der Waals surface area contributed by atoms with E-state index in [4.69, 9.17) is 5.73 Å². The van der Waals surface area contributed by atoms with Gasteiger partial charge in [-0.1, -0.05) is 25.3 Å². The van der Waals surface area contributed by atoms with Gasteiger partial charge < -0.3 is 16.0 Å². The molecule has 3 N–H and O–H groups in total. The van der Waals surface area contributed by atoms with Crippen molar-refractivity contribution in [3.8, 4) is 0 Å². The van der Waals surface area contributed by atoms with E-state index in [1.54, 1.807) is 6.08 Å². The fourth-order valence-corrected chi connectivity index (χ4v) is 3.61. The fraction of sp³-hybridized carbons (Fsp3) is 0.778. The summed E-state index contributed by atoms with van der Waals surface area (Å²) in [5.74, 6) is 0.422. The predicted octanol–water partition coefficient (Wildman–Crippen LogP) is 1.83. The van der Waals surface area contributed by atoms with Crippen LogP contribution >= 0.6 is 0 Å². The summed E-state index contributed by atoms with van der Waals surface area (Å²) >= 11 is 0. The van der Waals surface area contributed by atoms with E-state index in [1.807, 2.05) is 0 Å². The number of hydrogen-bond donors (Lipinski definition) is 2. The number of allylic oxidation sites excluding steroid dienone is 1. The normalized spacial score (nSPS) is 23.9. The Morgan fingerprint density at radius 3 is 2.65 bits per heavy atom. The molecule has 5 nitrogen and oxygen atoms in total. The molecule has 0 bridgehead atoms. The van der Waals surface area contributed by atoms with Crippen molar-refractivity contribution >= 4 is 11.8 Å². The summed E-state index contributed by atoms with van der Waals surface area (Å²) in [6.07, 6.45) is 13.0. The molecule has 0 spiro atoms. The molecule has 2 aliphatic rings. The molecule has 5 heteroatoms. The molecule has 1 atom stereocenters. The maximum absolute atomic E-state index is 11.8. The molecule has 1 aliphatic heterocycles. The molecule has 130 valence electrons. The maximum atomic E-state index is 11.8. The molecular formula is C18H31N3O2. The molecule has 0 aromatic rings. The lowest BCUT2D eigenvalue weighted by atomic mass is 9.89. The average molecular weight is 321 g/mol. The Labute approximate surface area is 139 Å². The summed E-state index contributed by atoms with van der Waals surface area (Å²) < 4.78 is 0. The number of rotatable bonds is 7. The Morgan fingerprint density at radius 2 is 1.91 bits per heavy atom. The summed E-state index contributed by atoms with van der Waals surface area (Å²) in [4.78, 5) is 25.3. The molecule has 2 fully saturated rings. The predicted molar refractivity (Wildman–Crippen MR) is 91.7 cm³/mol. The first-order chi connectivity index (χ1) is 11.1. The van der Waals surface area contributed by atoms with Gasteiger partial charge in [0, 0.05) is 13.1 Å². The van der Waals surface area contributed by atoms with E-state index in [2.05, 4.69) is 16.3 Å². The van der Waals surface area contributed by atoms with Crippen LogP contribution in [0.2, 0.25) is 0 Å². The van der Waals surface area contributed by atoms with Crippen LogP contribution < -0.4 is 11.1 Å². The zero-order chi connectivity index (χ0) is 16.5. The van der Waals surface area contributed by atoms with Crippen molar-refractivity contribution in [2.45, 2.75) is 51.4 Å². The van der Waals surface area contributed by atoms with Crippen molar-refractivity contribution in [1.82, 2.24) is 10.2 Å². The van der Waals surface area contributed by atoms with Crippen LogP contribution in [0.4, 0.5) is 0 Å². The van der Waals surface area contributed by atoms with E-state index >= 15 is 0 Å². The van der Waals surface area contributed by atoms with Gasteiger partial charge in [-0.2, -0.15) is 0 Å². The van der Waals surface area contributed by atoms with Crippen molar-refractivity contribution < 1.29 is 9.59 Å². The van der Waals surface area contributed by atoms with Crippen LogP contribution in [0.5, 0.6) is 0 Å². The standard InChI is InChI=1S/C18H31N3O2/c19-18(23)16-8-4-12-21(14-16)13-5-11-20-17(22)10-9-15-6-2-1-3-7-15/h9-10,15-16H,1-8,11-14H2,(H2,19,23)(H,20,22)/b10-9-/t16-/m1/s1. The summed E-state index contributed by atoms with van der Waals surface area (Å²) in [7, 11) is 0. The average Bonchev–Trinajstić information content (AvgIpc) is 2.58. The van der Waals surface area contributed by atoms with E-state index in [0.717, 1.165) is 38.9 Å². The van der Waals surface area contributed by atoms with Gasteiger partial charge >= 0.3 is 0 Å². The highest BCUT2D eigenvalue weighted by Gasteiger charge is 2.23. The minimum absolute atomic E-state index is 0.00299. The minimum atomic E-state index is -0.184. The van der Waals surface area contributed by atoms with Gasteiger partial charge in [0.15, 0.2) is 0 Å². The third-order valence-electron chi connectivity index (χ3n) is 5.03. The van der Waals surface area contributed by atoms with Crippen LogP contribution in [-0.2, 0) is 9.59 Å². The van der Waals surface area contributed by atoms with Crippen molar-refractivity contribution in [2.75, 3.05) is 26.2 Å². The first-order valence-corrected chi connectivity index (χ1v) is 9.13. The topological polar surface area (TPSA) is 75.4 Å². The second kappa shape index (κ2) is 9.71. The van der Waals surface area contributed by atoms with Crippen molar-refractivity contribution in [3.05, 3.63) is 12.2 Å². The molecule has 1 heterocycles. The largest absolute Gasteiger partial charge is 0.369 e. The van der Waals surface area contributed by atoms with E-state index in [1.165, 1.54) is 32.1 Å². The highest BCUT2D eigenvalue weighted by molar-refractivity contribution is 5.87. The van der Waals surface area contributed by atoms with Crippen LogP contribution in [0.3, 0.4) is 0 Å². The molecule has 1 saturated carbocycles. The number of piperidine rings is 1. The van der Waals surface area contributed by atoms with Gasteiger partial charge in [0.25, 0.3) is 0 Å². The van der Waals surface area contributed by atoms with Crippen LogP contribution in [0.1, 0.15) is 51.4 Å². The number of carbonyl (C=O) groups excluding carboxylic acids is 2. The first kappa shape index (κ1) is 18.0. The number of carbonyl (C=O) groups is 2. The Hall–Kier alpha value is -1.36. The number of hydrogen-bond acceptors (Lipinski definition) is 3. The highest BCUT2D eigenvalue weighted by Crippen LogP contribution is 2.24. The molecule has 1 aliphatic carbocycles. The van der Waals surface area contributed by atoms with Gasteiger partial charge in [-0.3, -0.25) is 9.59 Å². The van der Waals surface area contributed by atoms with E-state index < -0.39 is 0 Å². The third-order valence-corrected chi connectivity index (χ3v) is 5.03. The Kier molecular flexibility index (Phi) is 7.59. The monoisotopic (exact) mass is 321 g/mol. The van der Waals surface area contributed by atoms with Gasteiger partial charge in [-0.05, 0) is 57.2 Å². The number of amides is 2. The van der Waals surface area contributed by atoms with Gasteiger partial charge in [0.1, 0.15) is 0 Å². The second-order valence-electron chi connectivity index (χ2n) is 6.94. The number of nitrogens with one attached hydrogen (secondary N) is 1. The highest BCUT2D eigenvalue weighted by atomic mass is 16.1. The summed E-state index contributed by atoms with van der Waals surface area (Å²) in [6.45, 7) is 3.39. The summed E-state index contributed by atoms with van der Waals surface area (Å²) in [6, 6.07) is 0. The van der Waals surface area contributed by atoms with Crippen molar-refractivity contribution in [2.24, 2.45) is 17.6 Å². The first-order valence-electron chi connectivity index (χ1n) is 9.13. The SMILES string of the molecule is NC(=O)[C@@H]1CCCN(CCCNC(=O)/C=C\C2CCCCC2)C1. The van der Waals surface area contributed by atoms with E-state index in [0.29, 0.717) is 12.5 Å². The Morgan fingerprint density at radius 1 is 1.13 bits per heavy atom. The van der Waals surface area contributed by atoms with Gasteiger partial charge in [-0.15, -0.1) is 0 Å². The number of nitrogens with two attached hydrogens (primary N) is 1. The molecule has 0 radical (unpaired) electrons. The van der Waals surface area contributed by atoms with Gasteiger partial charge in [-0.25, -0.2) is 0 Å². The lowest BCUT2D eigenvalue weighted by Crippen LogP contribution is -2.42. The van der Waals surface area contributed by atoms with E-state index in [9.17, 15) is 9.59 Å². The molecular weight excluding hydrogens is 290 g/mol. The quantitative estimate of drug-likeness (QED) is 0.555. The Bertz CT molecular complexity index is 416. The third kappa shape index (κ3) is 6.73. The van der Waals surface area contributed by atoms with Crippen LogP contribution in [0.25, 0.3) is 0 Å². The van der Waals surface area contributed by atoms with Gasteiger partial charge in [0.2, 0.25) is 11.8 Å². The number of primary amides is 1. The number of nitrogens with zero attached hydrogens (tertiary/aromatic N) is 1. The number of likely N-dealkylation sites (tertiary alicyclic amines) is 1. The minimum Gasteiger partial charge on any atom is -0.369 e. The van der Waals surface area contributed by atoms with E-state index in [-0.39, 0.29) is 17.7 Å². The van der Waals surface area contributed by atoms with Crippen LogP contribution in [0.15, 0.2) is 12.2 Å². The molecule has 2 amide bonds. The fourth-order valence-electron chi connectivity index (χ4n) is 3.61. The zero-order valence-electron chi connectivity index (χ0n) is 14.1. The second-order valence-corrected chi connectivity index (χ2v) is 6.94. The lowest BCUT2D eigenvalue weighted by Gasteiger charge is -2.31. The molecule has 23 heavy (non-hydrogen) atoms. The van der Waals surface area contributed by atoms with Crippen molar-refractivity contribution in [3.63, 3.8) is 0 Å². The summed E-state index contributed by atoms with van der Waals surface area (Å²) in [5, 5.41) is 2.95. The molecule has 2 rings (SSSR count). The smallest absolute Gasteiger partial charge is 0.243 e. The lowest BCUT2D eigenvalue weighted by molar-refractivity contribution is -0.123. The molecule has 0 aromatic heterocycles. The van der Waals surface area contributed by atoms with Crippen LogP contribution in [0, 0.1) is 11.8 Å².